The fourth-order valence-corrected chi connectivity index (χ4v) is 3.90. The SMILES string of the molecule is COc1ccc(C2/C(=C(\O)c3ccc(F)cc3)C(=O)C(=O)N2CCc2ccccc2)cc1. The number of Topliss-reactive ketones (excluding diaryl/α,β-unsaturated/α-hetero) is 1. The van der Waals surface area contributed by atoms with Crippen LogP contribution in [-0.4, -0.2) is 35.4 Å². The van der Waals surface area contributed by atoms with Crippen LogP contribution in [0.25, 0.3) is 5.76 Å². The van der Waals surface area contributed by atoms with E-state index in [0.717, 1.165) is 5.56 Å². The highest BCUT2D eigenvalue weighted by Gasteiger charge is 2.45. The van der Waals surface area contributed by atoms with Crippen molar-refractivity contribution in [2.75, 3.05) is 13.7 Å². The molecule has 32 heavy (non-hydrogen) atoms. The van der Waals surface area contributed by atoms with Crippen LogP contribution >= 0.6 is 0 Å². The first-order valence-electron chi connectivity index (χ1n) is 10.2. The topological polar surface area (TPSA) is 66.8 Å². The molecule has 1 saturated heterocycles. The van der Waals surface area contributed by atoms with Gasteiger partial charge in [0.05, 0.1) is 18.7 Å². The fourth-order valence-electron chi connectivity index (χ4n) is 3.90. The van der Waals surface area contributed by atoms with Crippen molar-refractivity contribution >= 4 is 17.4 Å². The smallest absolute Gasteiger partial charge is 0.295 e. The molecule has 1 aliphatic heterocycles. The van der Waals surface area contributed by atoms with Crippen LogP contribution in [0.4, 0.5) is 4.39 Å². The Morgan fingerprint density at radius 1 is 0.969 bits per heavy atom. The largest absolute Gasteiger partial charge is 0.507 e. The molecule has 1 heterocycles. The van der Waals surface area contributed by atoms with Gasteiger partial charge >= 0.3 is 0 Å². The highest BCUT2D eigenvalue weighted by Crippen LogP contribution is 2.39. The van der Waals surface area contributed by atoms with Crippen molar-refractivity contribution < 1.29 is 23.8 Å². The number of methoxy groups -OCH3 is 1. The van der Waals surface area contributed by atoms with Gasteiger partial charge in [0.15, 0.2) is 0 Å². The first-order valence-corrected chi connectivity index (χ1v) is 10.2. The van der Waals surface area contributed by atoms with E-state index >= 15 is 0 Å². The van der Waals surface area contributed by atoms with Crippen LogP contribution in [0, 0.1) is 5.82 Å². The quantitative estimate of drug-likeness (QED) is 0.355. The van der Waals surface area contributed by atoms with E-state index in [4.69, 9.17) is 4.74 Å². The Labute approximate surface area is 185 Å². The number of ketones is 1. The average Bonchev–Trinajstić information content (AvgIpc) is 3.08. The second-order valence-electron chi connectivity index (χ2n) is 7.51. The lowest BCUT2D eigenvalue weighted by Gasteiger charge is -2.25. The Morgan fingerprint density at radius 3 is 2.25 bits per heavy atom. The first kappa shape index (κ1) is 21.3. The van der Waals surface area contributed by atoms with Crippen molar-refractivity contribution in [3.63, 3.8) is 0 Å². The van der Waals surface area contributed by atoms with Gasteiger partial charge < -0.3 is 14.7 Å². The summed E-state index contributed by atoms with van der Waals surface area (Å²) in [6, 6.07) is 21.1. The Morgan fingerprint density at radius 2 is 1.62 bits per heavy atom. The zero-order chi connectivity index (χ0) is 22.7. The molecule has 1 fully saturated rings. The summed E-state index contributed by atoms with van der Waals surface area (Å²) in [4.78, 5) is 27.5. The molecule has 1 aliphatic rings. The Hall–Kier alpha value is -3.93. The number of nitrogens with zero attached hydrogens (tertiary/aromatic N) is 1. The number of carbonyl (C=O) groups excluding carboxylic acids is 2. The molecule has 3 aromatic carbocycles. The number of carbonyl (C=O) groups is 2. The van der Waals surface area contributed by atoms with Crippen LogP contribution in [0.15, 0.2) is 84.4 Å². The van der Waals surface area contributed by atoms with E-state index in [1.165, 1.54) is 29.2 Å². The van der Waals surface area contributed by atoms with Gasteiger partial charge in [0.2, 0.25) is 0 Å². The standard InChI is InChI=1S/C26H22FNO4/c1-32-21-13-9-18(10-14-21)23-22(24(29)19-7-11-20(27)12-8-19)25(30)26(31)28(23)16-15-17-5-3-2-4-6-17/h2-14,23,29H,15-16H2,1H3/b24-22+. The molecule has 3 aromatic rings. The third kappa shape index (κ3) is 4.12. The Bertz CT molecular complexity index is 1150. The predicted octanol–water partition coefficient (Wildman–Crippen LogP) is 4.50. The summed E-state index contributed by atoms with van der Waals surface area (Å²) >= 11 is 0. The van der Waals surface area contributed by atoms with Crippen molar-refractivity contribution in [3.05, 3.63) is 107 Å². The summed E-state index contributed by atoms with van der Waals surface area (Å²) < 4.78 is 18.6. The summed E-state index contributed by atoms with van der Waals surface area (Å²) in [6.45, 7) is 0.297. The number of halogens is 1. The monoisotopic (exact) mass is 431 g/mol. The second-order valence-corrected chi connectivity index (χ2v) is 7.51. The van der Waals surface area contributed by atoms with E-state index in [0.29, 0.717) is 24.3 Å². The number of ether oxygens (including phenoxy) is 1. The summed E-state index contributed by atoms with van der Waals surface area (Å²) in [7, 11) is 1.55. The average molecular weight is 431 g/mol. The van der Waals surface area contributed by atoms with E-state index in [1.54, 1.807) is 31.4 Å². The van der Waals surface area contributed by atoms with Crippen LogP contribution in [-0.2, 0) is 16.0 Å². The summed E-state index contributed by atoms with van der Waals surface area (Å²) in [5.41, 5.74) is 1.95. The van der Waals surface area contributed by atoms with E-state index < -0.39 is 23.5 Å². The van der Waals surface area contributed by atoms with Crippen LogP contribution in [0.5, 0.6) is 5.75 Å². The molecule has 5 nitrogen and oxygen atoms in total. The number of hydrogen-bond donors (Lipinski definition) is 1. The lowest BCUT2D eigenvalue weighted by atomic mass is 9.95. The molecule has 0 aromatic heterocycles. The zero-order valence-corrected chi connectivity index (χ0v) is 17.5. The van der Waals surface area contributed by atoms with Crippen LogP contribution in [0.3, 0.4) is 0 Å². The molecule has 162 valence electrons. The van der Waals surface area contributed by atoms with Gasteiger partial charge in [0.1, 0.15) is 17.3 Å². The van der Waals surface area contributed by atoms with E-state index in [-0.39, 0.29) is 16.9 Å². The van der Waals surface area contributed by atoms with E-state index in [9.17, 15) is 19.1 Å². The van der Waals surface area contributed by atoms with Crippen molar-refractivity contribution in [3.8, 4) is 5.75 Å². The molecule has 6 heteroatoms. The number of hydrogen-bond acceptors (Lipinski definition) is 4. The minimum absolute atomic E-state index is 0.0140. The summed E-state index contributed by atoms with van der Waals surface area (Å²) in [5.74, 6) is -1.59. The number of benzene rings is 3. The Balaban J connectivity index is 1.77. The number of rotatable bonds is 6. The minimum atomic E-state index is -0.769. The van der Waals surface area contributed by atoms with Gasteiger partial charge in [-0.25, -0.2) is 4.39 Å². The maximum absolute atomic E-state index is 13.4. The second kappa shape index (κ2) is 9.06. The highest BCUT2D eigenvalue weighted by atomic mass is 19.1. The third-order valence-electron chi connectivity index (χ3n) is 5.57. The van der Waals surface area contributed by atoms with Crippen LogP contribution in [0.1, 0.15) is 22.7 Å². The predicted molar refractivity (Wildman–Crippen MR) is 119 cm³/mol. The minimum Gasteiger partial charge on any atom is -0.507 e. The number of amides is 1. The normalized spacial score (nSPS) is 17.6. The lowest BCUT2D eigenvalue weighted by molar-refractivity contribution is -0.139. The molecule has 0 aliphatic carbocycles. The van der Waals surface area contributed by atoms with Crippen LogP contribution < -0.4 is 4.74 Å². The van der Waals surface area contributed by atoms with Crippen molar-refractivity contribution in [2.24, 2.45) is 0 Å². The highest BCUT2D eigenvalue weighted by molar-refractivity contribution is 6.46. The van der Waals surface area contributed by atoms with Gasteiger partial charge in [0, 0.05) is 12.1 Å². The Kier molecular flexibility index (Phi) is 6.03. The molecular formula is C26H22FNO4. The van der Waals surface area contributed by atoms with Gasteiger partial charge in [-0.1, -0.05) is 42.5 Å². The molecule has 1 N–H and O–H groups in total. The number of aliphatic hydroxyl groups excluding tert-OH is 1. The van der Waals surface area contributed by atoms with Gasteiger partial charge in [0.25, 0.3) is 11.7 Å². The zero-order valence-electron chi connectivity index (χ0n) is 17.5. The first-order chi connectivity index (χ1) is 15.5. The molecule has 0 spiro atoms. The molecule has 1 amide bonds. The van der Waals surface area contributed by atoms with Gasteiger partial charge in [-0.2, -0.15) is 0 Å². The van der Waals surface area contributed by atoms with Crippen molar-refractivity contribution in [1.29, 1.82) is 0 Å². The van der Waals surface area contributed by atoms with E-state index in [1.807, 2.05) is 30.3 Å². The number of likely N-dealkylation sites (tertiary alicyclic amines) is 1. The van der Waals surface area contributed by atoms with Crippen molar-refractivity contribution in [1.82, 2.24) is 4.90 Å². The molecule has 0 radical (unpaired) electrons. The number of aliphatic hydroxyl groups is 1. The van der Waals surface area contributed by atoms with Crippen LogP contribution in [0.2, 0.25) is 0 Å². The third-order valence-corrected chi connectivity index (χ3v) is 5.57. The van der Waals surface area contributed by atoms with Crippen molar-refractivity contribution in [2.45, 2.75) is 12.5 Å². The fraction of sp³-hybridized carbons (Fsp3) is 0.154. The molecule has 1 unspecified atom stereocenters. The van der Waals surface area contributed by atoms with Gasteiger partial charge in [-0.3, -0.25) is 9.59 Å². The maximum atomic E-state index is 13.4. The molecular weight excluding hydrogens is 409 g/mol. The molecule has 1 atom stereocenters. The van der Waals surface area contributed by atoms with E-state index in [2.05, 4.69) is 0 Å². The van der Waals surface area contributed by atoms with Gasteiger partial charge in [-0.05, 0) is 53.9 Å². The maximum Gasteiger partial charge on any atom is 0.295 e. The summed E-state index contributed by atoms with van der Waals surface area (Å²) in [5, 5.41) is 11.0. The summed E-state index contributed by atoms with van der Waals surface area (Å²) in [6.07, 6.45) is 0.553. The molecule has 0 bridgehead atoms. The molecule has 4 rings (SSSR count). The molecule has 0 saturated carbocycles. The lowest BCUT2D eigenvalue weighted by Crippen LogP contribution is -2.31. The van der Waals surface area contributed by atoms with Gasteiger partial charge in [-0.15, -0.1) is 0 Å².